The van der Waals surface area contributed by atoms with Crippen LogP contribution in [0.1, 0.15) is 21.5 Å². The maximum absolute atomic E-state index is 11.9. The number of carbonyl (C=O) groups excluding carboxylic acids is 1. The summed E-state index contributed by atoms with van der Waals surface area (Å²) >= 11 is 0. The molecule has 0 amide bonds. The third-order valence-corrected chi connectivity index (χ3v) is 2.52. The van der Waals surface area contributed by atoms with Gasteiger partial charge >= 0.3 is 5.97 Å². The predicted octanol–water partition coefficient (Wildman–Crippen LogP) is 3.09. The van der Waals surface area contributed by atoms with Crippen molar-refractivity contribution in [3.63, 3.8) is 0 Å². The van der Waals surface area contributed by atoms with Crippen LogP contribution in [-0.4, -0.2) is 5.97 Å². The van der Waals surface area contributed by atoms with Gasteiger partial charge in [0.15, 0.2) is 0 Å². The Morgan fingerprint density at radius 1 is 1.17 bits per heavy atom. The van der Waals surface area contributed by atoms with Crippen molar-refractivity contribution >= 4 is 5.97 Å². The van der Waals surface area contributed by atoms with E-state index in [-0.39, 0.29) is 0 Å². The molecular formula is C15H11NO2. The first kappa shape index (κ1) is 11.9. The number of carbonyl (C=O) groups is 1. The predicted molar refractivity (Wildman–Crippen MR) is 67.3 cm³/mol. The van der Waals surface area contributed by atoms with Crippen molar-refractivity contribution < 1.29 is 9.53 Å². The summed E-state index contributed by atoms with van der Waals surface area (Å²) in [5.74, 6) is 0.0752. The van der Waals surface area contributed by atoms with Crippen LogP contribution in [0.15, 0.2) is 48.5 Å². The van der Waals surface area contributed by atoms with Gasteiger partial charge in [0.25, 0.3) is 0 Å². The van der Waals surface area contributed by atoms with Crippen molar-refractivity contribution in [2.45, 2.75) is 6.92 Å². The second kappa shape index (κ2) is 5.15. The lowest BCUT2D eigenvalue weighted by molar-refractivity contribution is 0.0733. The molecule has 0 atom stereocenters. The standard InChI is InChI=1S/C15H11NO2/c1-11-5-2-3-8-14(11)18-15(17)13-7-4-6-12(9-13)10-16/h2-9H,1H3. The summed E-state index contributed by atoms with van der Waals surface area (Å²) in [5, 5.41) is 8.78. The lowest BCUT2D eigenvalue weighted by Crippen LogP contribution is -2.09. The highest BCUT2D eigenvalue weighted by Gasteiger charge is 2.10. The summed E-state index contributed by atoms with van der Waals surface area (Å²) in [6.07, 6.45) is 0. The number of rotatable bonds is 2. The second-order valence-electron chi connectivity index (χ2n) is 3.85. The Kier molecular flexibility index (Phi) is 3.40. The molecule has 18 heavy (non-hydrogen) atoms. The summed E-state index contributed by atoms with van der Waals surface area (Å²) < 4.78 is 5.28. The number of hydrogen-bond donors (Lipinski definition) is 0. The van der Waals surface area contributed by atoms with Crippen LogP contribution in [0.25, 0.3) is 0 Å². The fourth-order valence-corrected chi connectivity index (χ4v) is 1.55. The summed E-state index contributed by atoms with van der Waals surface area (Å²) in [5.41, 5.74) is 1.70. The van der Waals surface area contributed by atoms with Crippen molar-refractivity contribution in [2.75, 3.05) is 0 Å². The summed E-state index contributed by atoms with van der Waals surface area (Å²) in [6, 6.07) is 15.7. The first-order valence-corrected chi connectivity index (χ1v) is 5.48. The van der Waals surface area contributed by atoms with Crippen LogP contribution >= 0.6 is 0 Å². The van der Waals surface area contributed by atoms with Gasteiger partial charge in [-0.2, -0.15) is 5.26 Å². The lowest BCUT2D eigenvalue weighted by atomic mass is 10.1. The molecule has 0 radical (unpaired) electrons. The van der Waals surface area contributed by atoms with E-state index in [0.717, 1.165) is 5.56 Å². The third kappa shape index (κ3) is 2.55. The fourth-order valence-electron chi connectivity index (χ4n) is 1.55. The molecule has 0 aliphatic heterocycles. The molecule has 2 aromatic rings. The molecule has 0 aromatic heterocycles. The average Bonchev–Trinajstić information content (AvgIpc) is 2.41. The van der Waals surface area contributed by atoms with E-state index in [1.807, 2.05) is 25.1 Å². The molecule has 2 aromatic carbocycles. The van der Waals surface area contributed by atoms with E-state index in [2.05, 4.69) is 0 Å². The van der Waals surface area contributed by atoms with Gasteiger partial charge in [-0.05, 0) is 36.8 Å². The highest BCUT2D eigenvalue weighted by molar-refractivity contribution is 5.91. The molecule has 3 heteroatoms. The lowest BCUT2D eigenvalue weighted by Gasteiger charge is -2.06. The Hall–Kier alpha value is -2.60. The Morgan fingerprint density at radius 3 is 2.67 bits per heavy atom. The fraction of sp³-hybridized carbons (Fsp3) is 0.0667. The summed E-state index contributed by atoms with van der Waals surface area (Å²) in [7, 11) is 0. The molecule has 0 aliphatic carbocycles. The van der Waals surface area contributed by atoms with Crippen LogP contribution in [0, 0.1) is 18.3 Å². The van der Waals surface area contributed by atoms with Crippen LogP contribution in [0.4, 0.5) is 0 Å². The Labute approximate surface area is 105 Å². The highest BCUT2D eigenvalue weighted by Crippen LogP contribution is 2.18. The van der Waals surface area contributed by atoms with Gasteiger partial charge in [-0.3, -0.25) is 0 Å². The molecule has 0 aliphatic rings. The molecule has 88 valence electrons. The van der Waals surface area contributed by atoms with E-state index in [1.54, 1.807) is 30.3 Å². The molecule has 3 nitrogen and oxygen atoms in total. The highest BCUT2D eigenvalue weighted by atomic mass is 16.5. The normalized spacial score (nSPS) is 9.56. The first-order chi connectivity index (χ1) is 8.70. The quantitative estimate of drug-likeness (QED) is 0.595. The number of para-hydroxylation sites is 1. The third-order valence-electron chi connectivity index (χ3n) is 2.52. The molecule has 0 saturated heterocycles. The molecule has 0 heterocycles. The molecule has 0 spiro atoms. The molecule has 0 saturated carbocycles. The van der Waals surface area contributed by atoms with Crippen LogP contribution in [-0.2, 0) is 0 Å². The minimum absolute atomic E-state index is 0.373. The number of esters is 1. The molecule has 2 rings (SSSR count). The van der Waals surface area contributed by atoms with Gasteiger partial charge in [0.1, 0.15) is 5.75 Å². The largest absolute Gasteiger partial charge is 0.423 e. The van der Waals surface area contributed by atoms with Crippen LogP contribution in [0.3, 0.4) is 0 Å². The van der Waals surface area contributed by atoms with E-state index < -0.39 is 5.97 Å². The van der Waals surface area contributed by atoms with Gasteiger partial charge in [-0.25, -0.2) is 4.79 Å². The van der Waals surface area contributed by atoms with Crippen molar-refractivity contribution in [3.05, 3.63) is 65.2 Å². The smallest absolute Gasteiger partial charge is 0.343 e. The van der Waals surface area contributed by atoms with Crippen LogP contribution < -0.4 is 4.74 Å². The van der Waals surface area contributed by atoms with E-state index in [4.69, 9.17) is 10.00 Å². The minimum atomic E-state index is -0.457. The molecule has 0 bridgehead atoms. The number of nitrogens with zero attached hydrogens (tertiary/aromatic N) is 1. The second-order valence-corrected chi connectivity index (χ2v) is 3.85. The zero-order valence-electron chi connectivity index (χ0n) is 9.88. The number of nitriles is 1. The Bertz CT molecular complexity index is 626. The van der Waals surface area contributed by atoms with Crippen LogP contribution in [0.2, 0.25) is 0 Å². The molecular weight excluding hydrogens is 226 g/mol. The SMILES string of the molecule is Cc1ccccc1OC(=O)c1cccc(C#N)c1. The van der Waals surface area contributed by atoms with E-state index >= 15 is 0 Å². The van der Waals surface area contributed by atoms with Crippen molar-refractivity contribution in [1.82, 2.24) is 0 Å². The van der Waals surface area contributed by atoms with E-state index in [0.29, 0.717) is 16.9 Å². The average molecular weight is 237 g/mol. The number of benzene rings is 2. The topological polar surface area (TPSA) is 50.1 Å². The van der Waals surface area contributed by atoms with Crippen molar-refractivity contribution in [2.24, 2.45) is 0 Å². The maximum Gasteiger partial charge on any atom is 0.343 e. The minimum Gasteiger partial charge on any atom is -0.423 e. The number of hydrogen-bond acceptors (Lipinski definition) is 3. The van der Waals surface area contributed by atoms with Crippen molar-refractivity contribution in [3.8, 4) is 11.8 Å². The summed E-state index contributed by atoms with van der Waals surface area (Å²) in [6.45, 7) is 1.87. The van der Waals surface area contributed by atoms with Gasteiger partial charge in [-0.15, -0.1) is 0 Å². The van der Waals surface area contributed by atoms with E-state index in [9.17, 15) is 4.79 Å². The van der Waals surface area contributed by atoms with Gasteiger partial charge in [0.05, 0.1) is 17.2 Å². The van der Waals surface area contributed by atoms with Crippen molar-refractivity contribution in [1.29, 1.82) is 5.26 Å². The molecule has 0 unspecified atom stereocenters. The zero-order chi connectivity index (χ0) is 13.0. The summed E-state index contributed by atoms with van der Waals surface area (Å²) in [4.78, 5) is 11.9. The monoisotopic (exact) mass is 237 g/mol. The Balaban J connectivity index is 2.23. The van der Waals surface area contributed by atoms with Gasteiger partial charge < -0.3 is 4.74 Å². The Morgan fingerprint density at radius 2 is 1.94 bits per heavy atom. The van der Waals surface area contributed by atoms with Crippen LogP contribution in [0.5, 0.6) is 5.75 Å². The van der Waals surface area contributed by atoms with E-state index in [1.165, 1.54) is 6.07 Å². The number of ether oxygens (including phenoxy) is 1. The van der Waals surface area contributed by atoms with Gasteiger partial charge in [0.2, 0.25) is 0 Å². The maximum atomic E-state index is 11.9. The molecule has 0 fully saturated rings. The van der Waals surface area contributed by atoms with Gasteiger partial charge in [0, 0.05) is 0 Å². The zero-order valence-corrected chi connectivity index (χ0v) is 9.88. The van der Waals surface area contributed by atoms with Gasteiger partial charge in [-0.1, -0.05) is 24.3 Å². The molecule has 0 N–H and O–H groups in total. The first-order valence-electron chi connectivity index (χ1n) is 5.48. The number of aryl methyl sites for hydroxylation is 1.